The average Bonchev–Trinajstić information content (AvgIpc) is 3.10. The van der Waals surface area contributed by atoms with Crippen LogP contribution in [0, 0.1) is 0 Å². The molecule has 0 radical (unpaired) electrons. The molecular weight excluding hydrogens is 314 g/mol. The third kappa shape index (κ3) is 5.39. The molecule has 1 aliphatic heterocycles. The normalized spacial score (nSPS) is 21.7. The fraction of sp³-hybridized carbons (Fsp3) is 0.737. The monoisotopic (exact) mass is 345 g/mol. The summed E-state index contributed by atoms with van der Waals surface area (Å²) in [6, 6.07) is 4.84. The van der Waals surface area contributed by atoms with Gasteiger partial charge < -0.3 is 15.1 Å². The first-order valence-electron chi connectivity index (χ1n) is 9.74. The van der Waals surface area contributed by atoms with Gasteiger partial charge in [0.2, 0.25) is 5.91 Å². The zero-order chi connectivity index (χ0) is 17.5. The van der Waals surface area contributed by atoms with Crippen molar-refractivity contribution in [2.45, 2.75) is 63.5 Å². The number of rotatable bonds is 7. The number of nitrogens with zero attached hydrogens (tertiary/aromatic N) is 4. The van der Waals surface area contributed by atoms with Gasteiger partial charge in [0.25, 0.3) is 0 Å². The van der Waals surface area contributed by atoms with Gasteiger partial charge in [-0.1, -0.05) is 19.3 Å². The molecule has 2 aliphatic rings. The van der Waals surface area contributed by atoms with Gasteiger partial charge in [0.1, 0.15) is 0 Å². The third-order valence-electron chi connectivity index (χ3n) is 5.44. The minimum absolute atomic E-state index is 0.205. The number of carbonyl (C=O) groups is 1. The molecule has 3 rings (SSSR count). The maximum atomic E-state index is 12.2. The molecule has 138 valence electrons. The van der Waals surface area contributed by atoms with Crippen LogP contribution in [0.5, 0.6) is 0 Å². The third-order valence-corrected chi connectivity index (χ3v) is 5.44. The van der Waals surface area contributed by atoms with Crippen LogP contribution < -0.4 is 10.2 Å². The fourth-order valence-electron chi connectivity index (χ4n) is 4.06. The van der Waals surface area contributed by atoms with E-state index in [-0.39, 0.29) is 5.91 Å². The number of carbonyl (C=O) groups excluding carboxylic acids is 1. The van der Waals surface area contributed by atoms with Gasteiger partial charge in [0.05, 0.1) is 0 Å². The van der Waals surface area contributed by atoms with Crippen molar-refractivity contribution in [1.29, 1.82) is 0 Å². The van der Waals surface area contributed by atoms with E-state index in [1.807, 2.05) is 12.1 Å². The highest BCUT2D eigenvalue weighted by Crippen LogP contribution is 2.23. The van der Waals surface area contributed by atoms with Crippen LogP contribution in [0.15, 0.2) is 18.3 Å². The lowest BCUT2D eigenvalue weighted by molar-refractivity contribution is -0.122. The Hall–Kier alpha value is -1.69. The standard InChI is InChI=1S/C19H31N5O/c1-23(14-11-19(25)21-16-7-3-2-4-8-16)15-17-9-6-13-24(17)18-10-5-12-20-22-18/h5,10,12,16-17H,2-4,6-9,11,13-15H2,1H3,(H,21,25)/t17-/m0/s1. The van der Waals surface area contributed by atoms with Crippen LogP contribution in [-0.4, -0.2) is 59.8 Å². The Morgan fingerprint density at radius 3 is 2.88 bits per heavy atom. The summed E-state index contributed by atoms with van der Waals surface area (Å²) in [4.78, 5) is 16.8. The first-order valence-corrected chi connectivity index (χ1v) is 9.74. The van der Waals surface area contributed by atoms with Crippen LogP contribution in [-0.2, 0) is 4.79 Å². The van der Waals surface area contributed by atoms with Gasteiger partial charge in [-0.25, -0.2) is 0 Å². The molecule has 0 spiro atoms. The van der Waals surface area contributed by atoms with E-state index in [1.54, 1.807) is 6.20 Å². The summed E-state index contributed by atoms with van der Waals surface area (Å²) >= 11 is 0. The number of aromatic nitrogens is 2. The van der Waals surface area contributed by atoms with Gasteiger partial charge in [0.15, 0.2) is 5.82 Å². The number of likely N-dealkylation sites (N-methyl/N-ethyl adjacent to an activating group) is 1. The second-order valence-electron chi connectivity index (χ2n) is 7.49. The highest BCUT2D eigenvalue weighted by molar-refractivity contribution is 5.76. The van der Waals surface area contributed by atoms with E-state index in [0.29, 0.717) is 18.5 Å². The van der Waals surface area contributed by atoms with Crippen LogP contribution in [0.3, 0.4) is 0 Å². The number of nitrogens with one attached hydrogen (secondary N) is 1. The van der Waals surface area contributed by atoms with Gasteiger partial charge in [-0.05, 0) is 44.9 Å². The first kappa shape index (κ1) is 18.1. The summed E-state index contributed by atoms with van der Waals surface area (Å²) in [6.07, 6.45) is 10.8. The van der Waals surface area contributed by atoms with Crippen molar-refractivity contribution >= 4 is 11.7 Å². The molecule has 2 heterocycles. The Morgan fingerprint density at radius 2 is 2.12 bits per heavy atom. The smallest absolute Gasteiger partial charge is 0.221 e. The Kier molecular flexibility index (Phi) is 6.62. The molecule has 1 amide bonds. The van der Waals surface area contributed by atoms with Gasteiger partial charge in [-0.2, -0.15) is 5.10 Å². The maximum Gasteiger partial charge on any atom is 0.221 e. The van der Waals surface area contributed by atoms with Crippen molar-refractivity contribution in [3.05, 3.63) is 18.3 Å². The molecule has 1 aliphatic carbocycles. The Labute approximate surface area is 151 Å². The fourth-order valence-corrected chi connectivity index (χ4v) is 4.06. The minimum atomic E-state index is 0.205. The second-order valence-corrected chi connectivity index (χ2v) is 7.49. The van der Waals surface area contributed by atoms with Crippen molar-refractivity contribution < 1.29 is 4.79 Å². The summed E-state index contributed by atoms with van der Waals surface area (Å²) in [7, 11) is 2.11. The molecule has 0 unspecified atom stereocenters. The Balaban J connectivity index is 1.41. The number of amides is 1. The van der Waals surface area contributed by atoms with Crippen molar-refractivity contribution in [2.24, 2.45) is 0 Å². The van der Waals surface area contributed by atoms with E-state index in [1.165, 1.54) is 32.1 Å². The zero-order valence-corrected chi connectivity index (χ0v) is 15.4. The summed E-state index contributed by atoms with van der Waals surface area (Å²) in [6.45, 7) is 2.82. The van der Waals surface area contributed by atoms with E-state index in [0.717, 1.165) is 38.3 Å². The summed E-state index contributed by atoms with van der Waals surface area (Å²) in [5, 5.41) is 11.5. The number of anilines is 1. The highest BCUT2D eigenvalue weighted by Gasteiger charge is 2.27. The van der Waals surface area contributed by atoms with E-state index in [4.69, 9.17) is 0 Å². The number of hydrogen-bond acceptors (Lipinski definition) is 5. The molecular formula is C19H31N5O. The largest absolute Gasteiger partial charge is 0.353 e. The second kappa shape index (κ2) is 9.13. The van der Waals surface area contributed by atoms with E-state index in [9.17, 15) is 4.79 Å². The van der Waals surface area contributed by atoms with Gasteiger partial charge >= 0.3 is 0 Å². The SMILES string of the molecule is CN(CCC(=O)NC1CCCCC1)C[C@@H]1CCCN1c1cccnn1. The predicted molar refractivity (Wildman–Crippen MR) is 99.5 cm³/mol. The van der Waals surface area contributed by atoms with Gasteiger partial charge in [-0.15, -0.1) is 5.10 Å². The van der Waals surface area contributed by atoms with Crippen molar-refractivity contribution in [3.63, 3.8) is 0 Å². The topological polar surface area (TPSA) is 61.4 Å². The Morgan fingerprint density at radius 1 is 1.28 bits per heavy atom. The summed E-state index contributed by atoms with van der Waals surface area (Å²) < 4.78 is 0. The molecule has 1 saturated heterocycles. The summed E-state index contributed by atoms with van der Waals surface area (Å²) in [5.74, 6) is 1.17. The molecule has 0 bridgehead atoms. The molecule has 25 heavy (non-hydrogen) atoms. The average molecular weight is 345 g/mol. The lowest BCUT2D eigenvalue weighted by Gasteiger charge is -2.29. The molecule has 1 N–H and O–H groups in total. The highest BCUT2D eigenvalue weighted by atomic mass is 16.1. The predicted octanol–water partition coefficient (Wildman–Crippen LogP) is 2.22. The summed E-state index contributed by atoms with van der Waals surface area (Å²) in [5.41, 5.74) is 0. The lowest BCUT2D eigenvalue weighted by Crippen LogP contribution is -2.41. The van der Waals surface area contributed by atoms with Crippen LogP contribution in [0.4, 0.5) is 5.82 Å². The van der Waals surface area contributed by atoms with Crippen molar-refractivity contribution in [1.82, 2.24) is 20.4 Å². The van der Waals surface area contributed by atoms with Crippen molar-refractivity contribution in [3.8, 4) is 0 Å². The van der Waals surface area contributed by atoms with E-state index < -0.39 is 0 Å². The van der Waals surface area contributed by atoms with Crippen LogP contribution in [0.2, 0.25) is 0 Å². The first-order chi connectivity index (χ1) is 12.2. The van der Waals surface area contributed by atoms with Gasteiger partial charge in [0, 0.05) is 44.3 Å². The molecule has 1 aromatic rings. The Bertz CT molecular complexity index is 532. The molecule has 2 fully saturated rings. The molecule has 1 saturated carbocycles. The maximum absolute atomic E-state index is 12.2. The molecule has 0 aromatic carbocycles. The van der Waals surface area contributed by atoms with E-state index in [2.05, 4.69) is 32.4 Å². The zero-order valence-electron chi connectivity index (χ0n) is 15.4. The molecule has 1 aromatic heterocycles. The van der Waals surface area contributed by atoms with Crippen molar-refractivity contribution in [2.75, 3.05) is 31.6 Å². The van der Waals surface area contributed by atoms with Crippen LogP contribution >= 0.6 is 0 Å². The molecule has 6 heteroatoms. The van der Waals surface area contributed by atoms with Crippen LogP contribution in [0.25, 0.3) is 0 Å². The van der Waals surface area contributed by atoms with Gasteiger partial charge in [-0.3, -0.25) is 4.79 Å². The minimum Gasteiger partial charge on any atom is -0.353 e. The van der Waals surface area contributed by atoms with Crippen LogP contribution in [0.1, 0.15) is 51.4 Å². The quantitative estimate of drug-likeness (QED) is 0.821. The number of hydrogen-bond donors (Lipinski definition) is 1. The molecule has 1 atom stereocenters. The molecule has 6 nitrogen and oxygen atoms in total. The van der Waals surface area contributed by atoms with E-state index >= 15 is 0 Å². The lowest BCUT2D eigenvalue weighted by atomic mass is 9.95.